The topological polar surface area (TPSA) is 65.0 Å². The van der Waals surface area contributed by atoms with Crippen LogP contribution < -0.4 is 10.2 Å². The van der Waals surface area contributed by atoms with Crippen LogP contribution in [0.3, 0.4) is 0 Å². The van der Waals surface area contributed by atoms with Crippen LogP contribution in [0.25, 0.3) is 0 Å². The molecule has 1 aliphatic heterocycles. The van der Waals surface area contributed by atoms with Gasteiger partial charge >= 0.3 is 6.03 Å². The number of amidine groups is 1. The Morgan fingerprint density at radius 1 is 0.930 bits per heavy atom. The Kier molecular flexibility index (Phi) is 11.9. The van der Waals surface area contributed by atoms with E-state index in [1.165, 1.54) is 27.8 Å². The first kappa shape index (κ1) is 34.2. The number of rotatable bonds is 13. The Morgan fingerprint density at radius 2 is 1.60 bits per heavy atom. The Morgan fingerprint density at radius 3 is 2.26 bits per heavy atom. The van der Waals surface area contributed by atoms with E-state index < -0.39 is 0 Å². The maximum Gasteiger partial charge on any atom is 0.343 e. The Balaban J connectivity index is 1.92. The number of Topliss-reactive ketones (excluding diaryl/α,β-unsaturated/α-hetero) is 1. The molecule has 1 unspecified atom stereocenters. The molecule has 1 heterocycles. The Hall–Kier alpha value is -3.25. The average Bonchev–Trinajstić information content (AvgIpc) is 2.90. The van der Waals surface area contributed by atoms with Crippen LogP contribution in [0.15, 0.2) is 47.5 Å². The van der Waals surface area contributed by atoms with E-state index in [0.717, 1.165) is 55.7 Å². The van der Waals surface area contributed by atoms with Gasteiger partial charge in [0.1, 0.15) is 11.6 Å². The van der Waals surface area contributed by atoms with Gasteiger partial charge in [-0.1, -0.05) is 65.0 Å². The molecule has 0 radical (unpaired) electrons. The smallest absolute Gasteiger partial charge is 0.329 e. The molecule has 0 fully saturated rings. The number of urea groups is 1. The summed E-state index contributed by atoms with van der Waals surface area (Å²) in [5, 5.41) is 3.01. The zero-order chi connectivity index (χ0) is 31.9. The van der Waals surface area contributed by atoms with Crippen molar-refractivity contribution in [2.24, 2.45) is 10.4 Å². The second-order valence-electron chi connectivity index (χ2n) is 13.7. The minimum absolute atomic E-state index is 0.00572. The van der Waals surface area contributed by atoms with Gasteiger partial charge in [0.2, 0.25) is 0 Å². The molecule has 3 rings (SSSR count). The number of nitrogens with one attached hydrogen (secondary N) is 1. The minimum atomic E-state index is -0.309. The van der Waals surface area contributed by atoms with Gasteiger partial charge in [0, 0.05) is 43.7 Å². The number of anilines is 1. The first-order valence-corrected chi connectivity index (χ1v) is 15.9. The van der Waals surface area contributed by atoms with Gasteiger partial charge in [-0.05, 0) is 98.9 Å². The summed E-state index contributed by atoms with van der Waals surface area (Å²) in [4.78, 5) is 34.6. The molecule has 0 aliphatic carbocycles. The first-order chi connectivity index (χ1) is 20.2. The fraction of sp³-hybridized carbons (Fsp3) is 0.541. The van der Waals surface area contributed by atoms with E-state index in [4.69, 9.17) is 0 Å². The highest BCUT2D eigenvalue weighted by atomic mass is 16.2. The van der Waals surface area contributed by atoms with E-state index in [-0.39, 0.29) is 17.5 Å². The number of carbonyl (C=O) groups is 2. The standard InChI is InChI=1S/C37H54N4O2/c1-11-13-33-30(7)35(39-36(43)38-33)41(34-22-28(5)26(3)20-29(34)6)19-18-40(17-12-14-32(42)23-37(8,9)10)24-31-16-15-25(2)27(4)21-31/h15-16,20-22,33H,7,11-14,17-19,23-24H2,1-6,8-10H3,(H,38,43). The molecule has 43 heavy (non-hydrogen) atoms. The number of benzene rings is 2. The molecule has 1 N–H and O–H groups in total. The normalized spacial score (nSPS) is 15.5. The highest BCUT2D eigenvalue weighted by Gasteiger charge is 2.30. The lowest BCUT2D eigenvalue weighted by atomic mass is 9.89. The monoisotopic (exact) mass is 586 g/mol. The van der Waals surface area contributed by atoms with Gasteiger partial charge in [-0.3, -0.25) is 9.69 Å². The maximum absolute atomic E-state index is 12.8. The van der Waals surface area contributed by atoms with Crippen LogP contribution in [-0.2, 0) is 11.3 Å². The van der Waals surface area contributed by atoms with Crippen LogP contribution in [0.1, 0.15) is 93.2 Å². The zero-order valence-corrected chi connectivity index (χ0v) is 28.2. The summed E-state index contributed by atoms with van der Waals surface area (Å²) in [5.74, 6) is 0.979. The third kappa shape index (κ3) is 9.89. The second kappa shape index (κ2) is 15.0. The minimum Gasteiger partial charge on any atom is -0.329 e. The van der Waals surface area contributed by atoms with Crippen LogP contribution in [0.5, 0.6) is 0 Å². The van der Waals surface area contributed by atoms with Crippen LogP contribution in [0, 0.1) is 40.0 Å². The van der Waals surface area contributed by atoms with E-state index in [1.54, 1.807) is 0 Å². The number of hydrogen-bond donors (Lipinski definition) is 1. The highest BCUT2D eigenvalue weighted by Crippen LogP contribution is 2.28. The van der Waals surface area contributed by atoms with Crippen molar-refractivity contribution in [3.8, 4) is 0 Å². The number of nitrogens with zero attached hydrogens (tertiary/aromatic N) is 3. The number of carbonyl (C=O) groups excluding carboxylic acids is 2. The fourth-order valence-electron chi connectivity index (χ4n) is 5.79. The molecule has 0 saturated heterocycles. The predicted octanol–water partition coefficient (Wildman–Crippen LogP) is 8.17. The summed E-state index contributed by atoms with van der Waals surface area (Å²) >= 11 is 0. The van der Waals surface area contributed by atoms with E-state index >= 15 is 0 Å². The number of aliphatic imine (C=N–C) groups is 1. The highest BCUT2D eigenvalue weighted by molar-refractivity contribution is 6.16. The zero-order valence-electron chi connectivity index (χ0n) is 28.2. The first-order valence-electron chi connectivity index (χ1n) is 15.9. The van der Waals surface area contributed by atoms with Gasteiger partial charge in [-0.15, -0.1) is 0 Å². The van der Waals surface area contributed by atoms with Gasteiger partial charge in [-0.25, -0.2) is 4.79 Å². The van der Waals surface area contributed by atoms with E-state index in [9.17, 15) is 9.59 Å². The maximum atomic E-state index is 12.8. The number of hydrogen-bond acceptors (Lipinski definition) is 4. The van der Waals surface area contributed by atoms with Crippen molar-refractivity contribution in [1.82, 2.24) is 10.2 Å². The van der Waals surface area contributed by atoms with Crippen LogP contribution in [0.4, 0.5) is 10.5 Å². The van der Waals surface area contributed by atoms with E-state index in [1.807, 2.05) is 0 Å². The molecular weight excluding hydrogens is 532 g/mol. The molecule has 2 aromatic carbocycles. The molecule has 1 aliphatic rings. The van der Waals surface area contributed by atoms with Gasteiger partial charge in [0.25, 0.3) is 0 Å². The summed E-state index contributed by atoms with van der Waals surface area (Å²) in [7, 11) is 0. The van der Waals surface area contributed by atoms with Crippen molar-refractivity contribution in [2.45, 2.75) is 107 Å². The Bertz CT molecular complexity index is 1350. The van der Waals surface area contributed by atoms with Gasteiger partial charge in [0.15, 0.2) is 0 Å². The summed E-state index contributed by atoms with van der Waals surface area (Å²) in [5.41, 5.74) is 9.33. The largest absolute Gasteiger partial charge is 0.343 e. The quantitative estimate of drug-likeness (QED) is 0.257. The lowest BCUT2D eigenvalue weighted by Crippen LogP contribution is -2.49. The van der Waals surface area contributed by atoms with Crippen molar-refractivity contribution >= 4 is 23.3 Å². The summed E-state index contributed by atoms with van der Waals surface area (Å²) in [6.07, 6.45) is 3.77. The molecule has 234 valence electrons. The SMILES string of the molecule is C=C1C(N(CCN(CCCC(=O)CC(C)(C)C)Cc2ccc(C)c(C)c2)c2cc(C)c(C)cc2C)=NC(=O)NC1CCC. The van der Waals surface area contributed by atoms with Crippen molar-refractivity contribution in [2.75, 3.05) is 24.5 Å². The van der Waals surface area contributed by atoms with Gasteiger partial charge in [0.05, 0.1) is 6.04 Å². The van der Waals surface area contributed by atoms with Crippen LogP contribution >= 0.6 is 0 Å². The number of aryl methyl sites for hydroxylation is 5. The summed E-state index contributed by atoms with van der Waals surface area (Å²) in [6, 6.07) is 10.6. The Labute approximate surface area is 260 Å². The molecule has 6 heteroatoms. The number of amides is 2. The van der Waals surface area contributed by atoms with Crippen molar-refractivity contribution in [1.29, 1.82) is 0 Å². The van der Waals surface area contributed by atoms with E-state index in [2.05, 4.69) is 119 Å². The molecule has 2 amide bonds. The van der Waals surface area contributed by atoms with Crippen molar-refractivity contribution < 1.29 is 9.59 Å². The van der Waals surface area contributed by atoms with Crippen molar-refractivity contribution in [3.05, 3.63) is 75.9 Å². The summed E-state index contributed by atoms with van der Waals surface area (Å²) < 4.78 is 0. The molecule has 1 atom stereocenters. The fourth-order valence-corrected chi connectivity index (χ4v) is 5.79. The number of ketones is 1. The van der Waals surface area contributed by atoms with Gasteiger partial charge < -0.3 is 10.2 Å². The lowest BCUT2D eigenvalue weighted by molar-refractivity contribution is -0.120. The molecule has 0 saturated carbocycles. The average molecular weight is 587 g/mol. The van der Waals surface area contributed by atoms with Crippen molar-refractivity contribution in [3.63, 3.8) is 0 Å². The van der Waals surface area contributed by atoms with Crippen LogP contribution in [-0.4, -0.2) is 48.2 Å². The van der Waals surface area contributed by atoms with E-state index in [0.29, 0.717) is 31.0 Å². The molecule has 6 nitrogen and oxygen atoms in total. The lowest BCUT2D eigenvalue weighted by Gasteiger charge is -2.35. The second-order valence-corrected chi connectivity index (χ2v) is 13.7. The van der Waals surface area contributed by atoms with Gasteiger partial charge in [-0.2, -0.15) is 4.99 Å². The molecule has 0 bridgehead atoms. The third-order valence-corrected chi connectivity index (χ3v) is 8.42. The molecule has 0 aromatic heterocycles. The molecule has 0 spiro atoms. The summed E-state index contributed by atoms with van der Waals surface area (Å²) in [6.45, 7) is 26.6. The predicted molar refractivity (Wildman–Crippen MR) is 181 cm³/mol. The molecular formula is C37H54N4O2. The third-order valence-electron chi connectivity index (χ3n) is 8.42. The van der Waals surface area contributed by atoms with Crippen LogP contribution in [0.2, 0.25) is 0 Å². The molecule has 2 aromatic rings.